The molecule has 0 bridgehead atoms. The highest BCUT2D eigenvalue weighted by Gasteiger charge is 2.29. The first kappa shape index (κ1) is 25.6. The SMILES string of the molecule is CCN1CCCCCCN(C(=O)CC2CCCC2)[C@@H](CC(C)C)COc2ccccc2C1=O. The fourth-order valence-corrected chi connectivity index (χ4v) is 5.39. The average molecular weight is 457 g/mol. The van der Waals surface area contributed by atoms with Crippen LogP contribution in [-0.4, -0.2) is 53.9 Å². The maximum atomic E-state index is 13.5. The molecule has 0 N–H and O–H groups in total. The summed E-state index contributed by atoms with van der Waals surface area (Å²) in [4.78, 5) is 30.8. The van der Waals surface area contributed by atoms with Gasteiger partial charge in [-0.3, -0.25) is 9.59 Å². The number of hydrogen-bond acceptors (Lipinski definition) is 3. The van der Waals surface area contributed by atoms with Gasteiger partial charge in [0.2, 0.25) is 5.91 Å². The number of fused-ring (bicyclic) bond motifs is 1. The summed E-state index contributed by atoms with van der Waals surface area (Å²) in [6.45, 7) is 9.17. The second-order valence-corrected chi connectivity index (χ2v) is 10.3. The minimum absolute atomic E-state index is 0.0345. The first-order valence-corrected chi connectivity index (χ1v) is 13.3. The zero-order valence-electron chi connectivity index (χ0n) is 21.1. The normalized spacial score (nSPS) is 21.6. The van der Waals surface area contributed by atoms with Crippen molar-refractivity contribution in [3.05, 3.63) is 29.8 Å². The van der Waals surface area contributed by atoms with Crippen molar-refractivity contribution in [2.24, 2.45) is 11.8 Å². The number of hydrogen-bond donors (Lipinski definition) is 0. The molecule has 1 atom stereocenters. The lowest BCUT2D eigenvalue weighted by Crippen LogP contribution is -2.45. The van der Waals surface area contributed by atoms with E-state index in [1.165, 1.54) is 25.7 Å². The van der Waals surface area contributed by atoms with Gasteiger partial charge in [0.05, 0.1) is 11.6 Å². The zero-order valence-corrected chi connectivity index (χ0v) is 21.1. The Morgan fingerprint density at radius 3 is 2.42 bits per heavy atom. The predicted octanol–water partition coefficient (Wildman–Crippen LogP) is 5.93. The van der Waals surface area contributed by atoms with Gasteiger partial charge in [-0.25, -0.2) is 0 Å². The van der Waals surface area contributed by atoms with Crippen molar-refractivity contribution in [2.45, 2.75) is 91.0 Å². The smallest absolute Gasteiger partial charge is 0.257 e. The lowest BCUT2D eigenvalue weighted by atomic mass is 9.99. The van der Waals surface area contributed by atoms with E-state index in [4.69, 9.17) is 4.74 Å². The zero-order chi connectivity index (χ0) is 23.6. The third kappa shape index (κ3) is 7.48. The van der Waals surface area contributed by atoms with E-state index in [0.29, 0.717) is 48.6 Å². The standard InChI is InChI=1S/C28H44N2O3/c1-4-29-17-11-5-6-12-18-30(27(31)20-23-13-7-8-14-23)24(19-22(2)3)21-33-26-16-10-9-15-25(26)28(29)32/h9-10,15-16,22-24H,4-8,11-14,17-21H2,1-3H3/t24-/m0/s1. The van der Waals surface area contributed by atoms with Crippen LogP contribution in [0.15, 0.2) is 24.3 Å². The van der Waals surface area contributed by atoms with Crippen molar-refractivity contribution in [1.29, 1.82) is 0 Å². The van der Waals surface area contributed by atoms with Crippen LogP contribution in [0.5, 0.6) is 5.75 Å². The Labute approximate surface area is 200 Å². The molecule has 1 aliphatic carbocycles. The number of amides is 2. The van der Waals surface area contributed by atoms with E-state index in [1.807, 2.05) is 36.1 Å². The molecule has 184 valence electrons. The Morgan fingerprint density at radius 2 is 1.73 bits per heavy atom. The molecule has 1 aromatic carbocycles. The lowest BCUT2D eigenvalue weighted by molar-refractivity contribution is -0.135. The average Bonchev–Trinajstić information content (AvgIpc) is 3.31. The third-order valence-electron chi connectivity index (χ3n) is 7.24. The number of rotatable bonds is 5. The summed E-state index contributed by atoms with van der Waals surface area (Å²) in [7, 11) is 0. The maximum Gasteiger partial charge on any atom is 0.257 e. The summed E-state index contributed by atoms with van der Waals surface area (Å²) < 4.78 is 6.32. The van der Waals surface area contributed by atoms with Crippen LogP contribution < -0.4 is 4.74 Å². The number of carbonyl (C=O) groups is 2. The second kappa shape index (κ2) is 13.0. The van der Waals surface area contributed by atoms with Gasteiger partial charge in [0.25, 0.3) is 5.91 Å². The molecule has 0 aromatic heterocycles. The molecule has 2 aliphatic rings. The Kier molecular flexibility index (Phi) is 10.1. The Balaban J connectivity index is 1.84. The molecule has 2 amide bonds. The van der Waals surface area contributed by atoms with Gasteiger partial charge >= 0.3 is 0 Å². The van der Waals surface area contributed by atoms with Crippen LogP contribution in [0, 0.1) is 11.8 Å². The van der Waals surface area contributed by atoms with Crippen LogP contribution in [0.3, 0.4) is 0 Å². The molecule has 1 aromatic rings. The van der Waals surface area contributed by atoms with E-state index in [9.17, 15) is 9.59 Å². The number of nitrogens with zero attached hydrogens (tertiary/aromatic N) is 2. The van der Waals surface area contributed by atoms with E-state index >= 15 is 0 Å². The maximum absolute atomic E-state index is 13.5. The summed E-state index contributed by atoms with van der Waals surface area (Å²) in [5, 5.41) is 0. The Hall–Kier alpha value is -2.04. The van der Waals surface area contributed by atoms with Crippen LogP contribution in [0.1, 0.15) is 95.3 Å². The van der Waals surface area contributed by atoms with E-state index < -0.39 is 0 Å². The van der Waals surface area contributed by atoms with Gasteiger partial charge in [-0.1, -0.05) is 51.7 Å². The van der Waals surface area contributed by atoms with Crippen molar-refractivity contribution in [3.63, 3.8) is 0 Å². The molecule has 0 radical (unpaired) electrons. The predicted molar refractivity (Wildman–Crippen MR) is 134 cm³/mol. The summed E-state index contributed by atoms with van der Waals surface area (Å²) >= 11 is 0. The van der Waals surface area contributed by atoms with Crippen LogP contribution in [0.25, 0.3) is 0 Å². The highest BCUT2D eigenvalue weighted by Crippen LogP contribution is 2.29. The number of ether oxygens (including phenoxy) is 1. The Bertz CT molecular complexity index is 757. The first-order valence-electron chi connectivity index (χ1n) is 13.3. The molecule has 5 heteroatoms. The van der Waals surface area contributed by atoms with E-state index in [-0.39, 0.29) is 11.9 Å². The van der Waals surface area contributed by atoms with Crippen molar-refractivity contribution >= 4 is 11.8 Å². The largest absolute Gasteiger partial charge is 0.491 e. The third-order valence-corrected chi connectivity index (χ3v) is 7.24. The van der Waals surface area contributed by atoms with Gasteiger partial charge in [0, 0.05) is 26.1 Å². The number of carbonyl (C=O) groups excluding carboxylic acids is 2. The van der Waals surface area contributed by atoms with Crippen molar-refractivity contribution in [3.8, 4) is 5.75 Å². The summed E-state index contributed by atoms with van der Waals surface area (Å²) in [5.74, 6) is 1.98. The van der Waals surface area contributed by atoms with Crippen molar-refractivity contribution in [2.75, 3.05) is 26.2 Å². The van der Waals surface area contributed by atoms with Gasteiger partial charge < -0.3 is 14.5 Å². The van der Waals surface area contributed by atoms with Crippen LogP contribution in [0.4, 0.5) is 0 Å². The van der Waals surface area contributed by atoms with Crippen LogP contribution >= 0.6 is 0 Å². The molecule has 3 rings (SSSR count). The van der Waals surface area contributed by atoms with Gasteiger partial charge in [0.1, 0.15) is 12.4 Å². The number of benzene rings is 1. The fraction of sp³-hybridized carbons (Fsp3) is 0.714. The molecule has 0 unspecified atom stereocenters. The first-order chi connectivity index (χ1) is 16.0. The van der Waals surface area contributed by atoms with Gasteiger partial charge in [-0.2, -0.15) is 0 Å². The second-order valence-electron chi connectivity index (χ2n) is 10.3. The molecule has 33 heavy (non-hydrogen) atoms. The topological polar surface area (TPSA) is 49.9 Å². The van der Waals surface area contributed by atoms with Gasteiger partial charge in [-0.05, 0) is 63.0 Å². The van der Waals surface area contributed by atoms with Gasteiger partial charge in [-0.15, -0.1) is 0 Å². The number of para-hydroxylation sites is 1. The molecule has 1 fully saturated rings. The minimum Gasteiger partial charge on any atom is -0.491 e. The molecule has 0 spiro atoms. The van der Waals surface area contributed by atoms with E-state index in [1.54, 1.807) is 0 Å². The molecule has 1 aliphatic heterocycles. The van der Waals surface area contributed by atoms with Crippen molar-refractivity contribution < 1.29 is 14.3 Å². The molecular formula is C28H44N2O3. The van der Waals surface area contributed by atoms with Crippen molar-refractivity contribution in [1.82, 2.24) is 9.80 Å². The minimum atomic E-state index is 0.0345. The van der Waals surface area contributed by atoms with Crippen LogP contribution in [0.2, 0.25) is 0 Å². The monoisotopic (exact) mass is 456 g/mol. The summed E-state index contributed by atoms with van der Waals surface area (Å²) in [6.07, 6.45) is 10.7. The lowest BCUT2D eigenvalue weighted by Gasteiger charge is -2.34. The highest BCUT2D eigenvalue weighted by atomic mass is 16.5. The quantitative estimate of drug-likeness (QED) is 0.552. The molecule has 1 heterocycles. The molecule has 0 saturated heterocycles. The van der Waals surface area contributed by atoms with E-state index in [2.05, 4.69) is 18.7 Å². The van der Waals surface area contributed by atoms with E-state index in [0.717, 1.165) is 45.2 Å². The summed E-state index contributed by atoms with van der Waals surface area (Å²) in [5.41, 5.74) is 0.628. The van der Waals surface area contributed by atoms with Crippen LogP contribution in [-0.2, 0) is 4.79 Å². The Morgan fingerprint density at radius 1 is 1.03 bits per heavy atom. The summed E-state index contributed by atoms with van der Waals surface area (Å²) in [6, 6.07) is 7.62. The van der Waals surface area contributed by atoms with Gasteiger partial charge in [0.15, 0.2) is 0 Å². The fourth-order valence-electron chi connectivity index (χ4n) is 5.39. The molecule has 5 nitrogen and oxygen atoms in total. The molecule has 1 saturated carbocycles. The molecular weight excluding hydrogens is 412 g/mol. The highest BCUT2D eigenvalue weighted by molar-refractivity contribution is 5.96.